The highest BCUT2D eigenvalue weighted by atomic mass is 16.2. The van der Waals surface area contributed by atoms with Crippen molar-refractivity contribution in [2.24, 2.45) is 22.6 Å². The van der Waals surface area contributed by atoms with E-state index in [2.05, 4.69) is 35.6 Å². The van der Waals surface area contributed by atoms with Crippen LogP contribution >= 0.6 is 0 Å². The van der Waals surface area contributed by atoms with E-state index in [0.717, 1.165) is 31.6 Å². The second-order valence-corrected chi connectivity index (χ2v) is 9.85. The van der Waals surface area contributed by atoms with Crippen molar-refractivity contribution in [2.75, 3.05) is 12.4 Å². The van der Waals surface area contributed by atoms with E-state index in [9.17, 15) is 4.79 Å². The number of hydrogen-bond acceptors (Lipinski definition) is 4. The quantitative estimate of drug-likeness (QED) is 0.669. The van der Waals surface area contributed by atoms with Crippen LogP contribution in [0, 0.1) is 11.8 Å². The van der Waals surface area contributed by atoms with Crippen molar-refractivity contribution >= 4 is 17.6 Å². The number of amides is 1. The van der Waals surface area contributed by atoms with Crippen molar-refractivity contribution in [3.8, 4) is 0 Å². The molecule has 2 fully saturated rings. The Hall–Kier alpha value is -2.04. The molecule has 1 aromatic rings. The van der Waals surface area contributed by atoms with E-state index < -0.39 is 5.54 Å². The molecular formula is C25H38N4O. The minimum atomic E-state index is -0.629. The van der Waals surface area contributed by atoms with Gasteiger partial charge >= 0.3 is 0 Å². The molecule has 4 rings (SSSR count). The van der Waals surface area contributed by atoms with Crippen molar-refractivity contribution in [3.05, 3.63) is 30.3 Å². The fourth-order valence-corrected chi connectivity index (χ4v) is 5.93. The number of carbonyl (C=O) groups excluding carboxylic acids is 1. The number of nitrogens with one attached hydrogen (secondary N) is 1. The second-order valence-electron chi connectivity index (χ2n) is 9.85. The predicted molar refractivity (Wildman–Crippen MR) is 123 cm³/mol. The standard InChI is InChI=1S/C25H38N4O/c1-29-23(30)25(28-24(29)26,16-15-19-9-4-2-5-10-19)18-20-11-8-14-22(17-20)27-21-12-6-3-7-13-21/h3,6-7,12-13,19-20,22,27H,2,4-5,8-11,14-18H2,1H3,(H2,26,28)/t20-,22?,25-/m1/s1. The van der Waals surface area contributed by atoms with Gasteiger partial charge in [-0.3, -0.25) is 9.69 Å². The maximum atomic E-state index is 13.3. The van der Waals surface area contributed by atoms with Crippen molar-refractivity contribution in [1.29, 1.82) is 0 Å². The molecule has 0 aromatic heterocycles. The summed E-state index contributed by atoms with van der Waals surface area (Å²) in [6.07, 6.45) is 14.2. The first-order chi connectivity index (χ1) is 14.6. The maximum absolute atomic E-state index is 13.3. The van der Waals surface area contributed by atoms with Gasteiger partial charge in [-0.15, -0.1) is 0 Å². The van der Waals surface area contributed by atoms with Crippen LogP contribution in [0.3, 0.4) is 0 Å². The molecule has 0 saturated heterocycles. The highest BCUT2D eigenvalue weighted by Crippen LogP contribution is 2.40. The Bertz CT molecular complexity index is 743. The van der Waals surface area contributed by atoms with E-state index >= 15 is 0 Å². The SMILES string of the molecule is CN1C(=O)[C@@](CCC2CCCCC2)(C[C@@H]2CCCC(Nc3ccccc3)C2)N=C1N. The first kappa shape index (κ1) is 21.2. The summed E-state index contributed by atoms with van der Waals surface area (Å²) in [5.74, 6) is 1.79. The van der Waals surface area contributed by atoms with Crippen LogP contribution in [0.4, 0.5) is 5.69 Å². The van der Waals surface area contributed by atoms with Crippen LogP contribution in [-0.4, -0.2) is 35.4 Å². The van der Waals surface area contributed by atoms with E-state index in [-0.39, 0.29) is 5.91 Å². The third-order valence-electron chi connectivity index (χ3n) is 7.62. The minimum absolute atomic E-state index is 0.119. The van der Waals surface area contributed by atoms with Crippen LogP contribution in [0.25, 0.3) is 0 Å². The van der Waals surface area contributed by atoms with Crippen molar-refractivity contribution < 1.29 is 4.79 Å². The molecule has 1 aromatic carbocycles. The Morgan fingerprint density at radius 2 is 1.80 bits per heavy atom. The van der Waals surface area contributed by atoms with Gasteiger partial charge in [-0.05, 0) is 56.1 Å². The van der Waals surface area contributed by atoms with E-state index in [4.69, 9.17) is 10.7 Å². The van der Waals surface area contributed by atoms with Crippen LogP contribution in [0.15, 0.2) is 35.3 Å². The lowest BCUT2D eigenvalue weighted by atomic mass is 9.74. The zero-order chi connectivity index (χ0) is 21.0. The molecule has 1 aliphatic heterocycles. The zero-order valence-corrected chi connectivity index (χ0v) is 18.5. The van der Waals surface area contributed by atoms with Gasteiger partial charge in [-0.1, -0.05) is 63.1 Å². The fraction of sp³-hybridized carbons (Fsp3) is 0.680. The number of anilines is 1. The number of para-hydroxylation sites is 1. The largest absolute Gasteiger partial charge is 0.382 e. The van der Waals surface area contributed by atoms with E-state index in [1.165, 1.54) is 57.1 Å². The number of nitrogens with two attached hydrogens (primary N) is 1. The number of guanidine groups is 1. The predicted octanol–water partition coefficient (Wildman–Crippen LogP) is 4.93. The van der Waals surface area contributed by atoms with Crippen molar-refractivity contribution in [2.45, 2.75) is 88.6 Å². The van der Waals surface area contributed by atoms with Crippen molar-refractivity contribution in [1.82, 2.24) is 4.90 Å². The smallest absolute Gasteiger partial charge is 0.257 e. The maximum Gasteiger partial charge on any atom is 0.257 e. The summed E-state index contributed by atoms with van der Waals surface area (Å²) in [7, 11) is 1.78. The molecule has 3 atom stereocenters. The van der Waals surface area contributed by atoms with Gasteiger partial charge in [0.2, 0.25) is 0 Å². The normalized spacial score (nSPS) is 30.4. The molecule has 5 nitrogen and oxygen atoms in total. The zero-order valence-electron chi connectivity index (χ0n) is 18.5. The number of aliphatic imine (C=N–C) groups is 1. The molecule has 1 amide bonds. The number of benzene rings is 1. The third kappa shape index (κ3) is 4.81. The molecule has 0 spiro atoms. The minimum Gasteiger partial charge on any atom is -0.382 e. The molecule has 164 valence electrons. The van der Waals surface area contributed by atoms with Gasteiger partial charge in [0.1, 0.15) is 5.54 Å². The average Bonchev–Trinajstić information content (AvgIpc) is 2.98. The van der Waals surface area contributed by atoms with Gasteiger partial charge < -0.3 is 11.1 Å². The summed E-state index contributed by atoms with van der Waals surface area (Å²) in [6, 6.07) is 10.9. The first-order valence-electron chi connectivity index (χ1n) is 12.0. The molecule has 2 aliphatic carbocycles. The Labute approximate surface area is 181 Å². The van der Waals surface area contributed by atoms with E-state index in [1.807, 2.05) is 0 Å². The topological polar surface area (TPSA) is 70.7 Å². The number of rotatable bonds is 7. The molecule has 3 aliphatic rings. The molecule has 1 unspecified atom stereocenters. The van der Waals surface area contributed by atoms with Gasteiger partial charge in [0.25, 0.3) is 5.91 Å². The Morgan fingerprint density at radius 3 is 2.50 bits per heavy atom. The highest BCUT2D eigenvalue weighted by molar-refractivity contribution is 6.06. The van der Waals surface area contributed by atoms with Crippen LogP contribution in [0.1, 0.15) is 77.0 Å². The van der Waals surface area contributed by atoms with Gasteiger partial charge in [0.15, 0.2) is 5.96 Å². The lowest BCUT2D eigenvalue weighted by molar-refractivity contribution is -0.131. The second kappa shape index (κ2) is 9.40. The molecule has 30 heavy (non-hydrogen) atoms. The number of nitrogens with zero attached hydrogens (tertiary/aromatic N) is 2. The lowest BCUT2D eigenvalue weighted by Gasteiger charge is -2.36. The summed E-state index contributed by atoms with van der Waals surface area (Å²) < 4.78 is 0. The summed E-state index contributed by atoms with van der Waals surface area (Å²) in [6.45, 7) is 0. The first-order valence-corrected chi connectivity index (χ1v) is 12.0. The van der Waals surface area contributed by atoms with Gasteiger partial charge in [-0.25, -0.2) is 4.99 Å². The summed E-state index contributed by atoms with van der Waals surface area (Å²) in [5, 5.41) is 3.70. The van der Waals surface area contributed by atoms with Gasteiger partial charge in [0.05, 0.1) is 0 Å². The summed E-state index contributed by atoms with van der Waals surface area (Å²) in [4.78, 5) is 19.7. The molecule has 0 radical (unpaired) electrons. The molecule has 2 saturated carbocycles. The van der Waals surface area contributed by atoms with E-state index in [0.29, 0.717) is 17.9 Å². The van der Waals surface area contributed by atoms with Crippen LogP contribution in [0.2, 0.25) is 0 Å². The number of likely N-dealkylation sites (N-methyl/N-ethyl adjacent to an activating group) is 1. The van der Waals surface area contributed by atoms with Gasteiger partial charge in [0, 0.05) is 18.8 Å². The molecule has 1 heterocycles. The Morgan fingerprint density at radius 1 is 1.07 bits per heavy atom. The van der Waals surface area contributed by atoms with Gasteiger partial charge in [-0.2, -0.15) is 0 Å². The molecular weight excluding hydrogens is 372 g/mol. The molecule has 3 N–H and O–H groups in total. The summed E-state index contributed by atoms with van der Waals surface area (Å²) in [5.41, 5.74) is 6.69. The molecule has 5 heteroatoms. The van der Waals surface area contributed by atoms with E-state index in [1.54, 1.807) is 11.9 Å². The molecule has 0 bridgehead atoms. The van der Waals surface area contributed by atoms with Crippen LogP contribution in [0.5, 0.6) is 0 Å². The van der Waals surface area contributed by atoms with Crippen molar-refractivity contribution in [3.63, 3.8) is 0 Å². The monoisotopic (exact) mass is 410 g/mol. The Balaban J connectivity index is 1.42. The number of carbonyl (C=O) groups is 1. The summed E-state index contributed by atoms with van der Waals surface area (Å²) >= 11 is 0. The Kier molecular flexibility index (Phi) is 6.64. The lowest BCUT2D eigenvalue weighted by Crippen LogP contribution is -2.44. The fourth-order valence-electron chi connectivity index (χ4n) is 5.93. The number of hydrogen-bond donors (Lipinski definition) is 2. The van der Waals surface area contributed by atoms with Crippen LogP contribution in [-0.2, 0) is 4.79 Å². The highest BCUT2D eigenvalue weighted by Gasteiger charge is 2.47. The third-order valence-corrected chi connectivity index (χ3v) is 7.62. The van der Waals surface area contributed by atoms with Crippen LogP contribution < -0.4 is 11.1 Å². The average molecular weight is 411 g/mol.